The van der Waals surface area contributed by atoms with E-state index in [0.29, 0.717) is 12.4 Å². The molecule has 0 bridgehead atoms. The lowest BCUT2D eigenvalue weighted by molar-refractivity contribution is 0.363. The number of isocyanates is 1. The first-order valence-corrected chi connectivity index (χ1v) is 5.72. The van der Waals surface area contributed by atoms with Crippen LogP contribution in [0.25, 0.3) is 0 Å². The lowest BCUT2D eigenvalue weighted by Gasteiger charge is -2.03. The maximum atomic E-state index is 11.3. The number of sulfonamides is 1. The van der Waals surface area contributed by atoms with Crippen molar-refractivity contribution < 1.29 is 17.9 Å². The molecule has 0 heterocycles. The maximum absolute atomic E-state index is 11.3. The van der Waals surface area contributed by atoms with Crippen LogP contribution in [0.5, 0.6) is 5.75 Å². The van der Waals surface area contributed by atoms with Crippen LogP contribution >= 0.6 is 0 Å². The Balaban J connectivity index is 2.95. The molecule has 1 aromatic rings. The highest BCUT2D eigenvalue weighted by atomic mass is 32.2. The van der Waals surface area contributed by atoms with Gasteiger partial charge in [0, 0.05) is 0 Å². The molecule has 5 nitrogen and oxygen atoms in total. The number of ether oxygens (including phenoxy) is 1. The normalized spacial score (nSPS) is 10.2. The Hall–Kier alpha value is -1.91. The number of rotatable bonds is 5. The summed E-state index contributed by atoms with van der Waals surface area (Å²) in [6.45, 7) is 3.81. The van der Waals surface area contributed by atoms with Gasteiger partial charge in [-0.25, -0.2) is 4.79 Å². The van der Waals surface area contributed by atoms with Gasteiger partial charge >= 0.3 is 0 Å². The molecule has 1 aromatic carbocycles. The van der Waals surface area contributed by atoms with Crippen LogP contribution in [0, 0.1) is 0 Å². The predicted molar refractivity (Wildman–Crippen MR) is 57.4 cm³/mol. The van der Waals surface area contributed by atoms with Crippen molar-refractivity contribution in [1.29, 1.82) is 0 Å². The predicted octanol–water partition coefficient (Wildman–Crippen LogP) is 1.28. The van der Waals surface area contributed by atoms with E-state index >= 15 is 0 Å². The summed E-state index contributed by atoms with van der Waals surface area (Å²) in [7, 11) is -3.92. The van der Waals surface area contributed by atoms with Crippen molar-refractivity contribution >= 4 is 16.1 Å². The quantitative estimate of drug-likeness (QED) is 0.440. The van der Waals surface area contributed by atoms with Gasteiger partial charge < -0.3 is 4.74 Å². The summed E-state index contributed by atoms with van der Waals surface area (Å²) >= 11 is 0. The molecule has 16 heavy (non-hydrogen) atoms. The van der Waals surface area contributed by atoms with Crippen molar-refractivity contribution in [2.45, 2.75) is 4.90 Å². The lowest BCUT2D eigenvalue weighted by atomic mass is 10.3. The van der Waals surface area contributed by atoms with Gasteiger partial charge in [-0.15, -0.1) is 0 Å². The average molecular weight is 239 g/mol. The first kappa shape index (κ1) is 12.2. The molecule has 0 atom stereocenters. The molecular weight excluding hydrogens is 230 g/mol. The molecule has 0 unspecified atom stereocenters. The molecule has 0 amide bonds. The van der Waals surface area contributed by atoms with Gasteiger partial charge in [-0.2, -0.15) is 8.42 Å². The van der Waals surface area contributed by atoms with E-state index in [1.807, 2.05) is 0 Å². The second-order valence-electron chi connectivity index (χ2n) is 2.73. The highest BCUT2D eigenvalue weighted by Crippen LogP contribution is 2.17. The van der Waals surface area contributed by atoms with E-state index < -0.39 is 10.0 Å². The van der Waals surface area contributed by atoms with Crippen LogP contribution in [0.15, 0.2) is 46.2 Å². The van der Waals surface area contributed by atoms with E-state index in [0.717, 1.165) is 6.08 Å². The minimum atomic E-state index is -3.92. The number of benzene rings is 1. The van der Waals surface area contributed by atoms with E-state index in [4.69, 9.17) is 4.74 Å². The molecule has 0 saturated heterocycles. The zero-order valence-corrected chi connectivity index (χ0v) is 9.11. The fraction of sp³-hybridized carbons (Fsp3) is 0.100. The van der Waals surface area contributed by atoms with Crippen molar-refractivity contribution in [2.24, 2.45) is 4.40 Å². The zero-order chi connectivity index (χ0) is 12.0. The third kappa shape index (κ3) is 3.05. The summed E-state index contributed by atoms with van der Waals surface area (Å²) in [4.78, 5) is 9.81. The van der Waals surface area contributed by atoms with Crippen LogP contribution < -0.4 is 4.74 Å². The first-order valence-electron chi connectivity index (χ1n) is 4.28. The summed E-state index contributed by atoms with van der Waals surface area (Å²) in [6.07, 6.45) is 2.57. The Kier molecular flexibility index (Phi) is 3.99. The Bertz CT molecular complexity index is 512. The Morgan fingerprint density at radius 3 is 2.50 bits per heavy atom. The molecule has 0 aliphatic heterocycles. The SMILES string of the molecule is C=CCOc1ccc(S(=O)(=O)N=C=O)cc1. The van der Waals surface area contributed by atoms with Crippen LogP contribution in [0.3, 0.4) is 0 Å². The largest absolute Gasteiger partial charge is 0.490 e. The molecule has 0 saturated carbocycles. The number of carbonyl (C=O) groups excluding carboxylic acids is 1. The summed E-state index contributed by atoms with van der Waals surface area (Å²) in [5.74, 6) is 0.508. The van der Waals surface area contributed by atoms with Crippen molar-refractivity contribution in [3.8, 4) is 5.75 Å². The Morgan fingerprint density at radius 1 is 1.38 bits per heavy atom. The number of nitrogens with zero attached hydrogens (tertiary/aromatic N) is 1. The lowest BCUT2D eigenvalue weighted by Crippen LogP contribution is -1.97. The van der Waals surface area contributed by atoms with Crippen molar-refractivity contribution in [3.63, 3.8) is 0 Å². The highest BCUT2D eigenvalue weighted by Gasteiger charge is 2.11. The smallest absolute Gasteiger partial charge is 0.292 e. The van der Waals surface area contributed by atoms with Gasteiger partial charge in [0.05, 0.1) is 4.90 Å². The molecule has 0 fully saturated rings. The monoisotopic (exact) mass is 239 g/mol. The summed E-state index contributed by atoms with van der Waals surface area (Å²) in [6, 6.07) is 5.54. The van der Waals surface area contributed by atoms with Gasteiger partial charge in [-0.05, 0) is 24.3 Å². The third-order valence-corrected chi connectivity index (χ3v) is 2.83. The van der Waals surface area contributed by atoms with Gasteiger partial charge in [0.25, 0.3) is 16.1 Å². The zero-order valence-electron chi connectivity index (χ0n) is 8.29. The van der Waals surface area contributed by atoms with Gasteiger partial charge in [-0.3, -0.25) is 0 Å². The molecule has 84 valence electrons. The molecule has 6 heteroatoms. The van der Waals surface area contributed by atoms with Gasteiger partial charge in [0.15, 0.2) is 0 Å². The van der Waals surface area contributed by atoms with Crippen LogP contribution in [-0.2, 0) is 14.8 Å². The fourth-order valence-electron chi connectivity index (χ4n) is 0.965. The molecule has 1 rings (SSSR count). The maximum Gasteiger partial charge on any atom is 0.292 e. The van der Waals surface area contributed by atoms with Crippen LogP contribution in [0.4, 0.5) is 0 Å². The Labute approximate surface area is 93.1 Å². The standard InChI is InChI=1S/C10H9NO4S/c1-2-7-15-9-3-5-10(6-4-9)16(13,14)11-8-12/h2-6H,1,7H2. The summed E-state index contributed by atoms with van der Waals surface area (Å²) in [5.41, 5.74) is 0. The molecule has 0 N–H and O–H groups in total. The van der Waals surface area contributed by atoms with Crippen molar-refractivity contribution in [1.82, 2.24) is 0 Å². The molecule has 0 spiro atoms. The average Bonchev–Trinajstić information content (AvgIpc) is 2.27. The fourth-order valence-corrected chi connectivity index (χ4v) is 1.65. The van der Waals surface area contributed by atoms with Crippen LogP contribution in [0.1, 0.15) is 0 Å². The van der Waals surface area contributed by atoms with Gasteiger partial charge in [0.1, 0.15) is 12.4 Å². The molecular formula is C10H9NO4S. The summed E-state index contributed by atoms with van der Waals surface area (Å²) in [5, 5.41) is 0. The Morgan fingerprint density at radius 2 is 2.00 bits per heavy atom. The molecule has 0 radical (unpaired) electrons. The van der Waals surface area contributed by atoms with Gasteiger partial charge in [-0.1, -0.05) is 17.1 Å². The van der Waals surface area contributed by atoms with Gasteiger partial charge in [0.2, 0.25) is 0 Å². The van der Waals surface area contributed by atoms with Crippen molar-refractivity contribution in [3.05, 3.63) is 36.9 Å². The van der Waals surface area contributed by atoms with Crippen LogP contribution in [-0.4, -0.2) is 21.1 Å². The number of hydrogen-bond acceptors (Lipinski definition) is 4. The number of hydrogen-bond donors (Lipinski definition) is 0. The van der Waals surface area contributed by atoms with E-state index in [9.17, 15) is 13.2 Å². The van der Waals surface area contributed by atoms with E-state index in [2.05, 4.69) is 11.0 Å². The molecule has 0 aromatic heterocycles. The topological polar surface area (TPSA) is 72.8 Å². The van der Waals surface area contributed by atoms with E-state index in [1.165, 1.54) is 24.3 Å². The second-order valence-corrected chi connectivity index (χ2v) is 4.33. The minimum Gasteiger partial charge on any atom is -0.490 e. The first-order chi connectivity index (χ1) is 7.60. The van der Waals surface area contributed by atoms with E-state index in [1.54, 1.807) is 6.08 Å². The molecule has 0 aliphatic carbocycles. The minimum absolute atomic E-state index is 0.0817. The van der Waals surface area contributed by atoms with E-state index in [-0.39, 0.29) is 4.90 Å². The van der Waals surface area contributed by atoms with Crippen LogP contribution in [0.2, 0.25) is 0 Å². The van der Waals surface area contributed by atoms with Crippen molar-refractivity contribution in [2.75, 3.05) is 6.61 Å². The third-order valence-electron chi connectivity index (χ3n) is 1.65. The molecule has 0 aliphatic rings. The summed E-state index contributed by atoms with van der Waals surface area (Å²) < 4.78 is 30.4. The second kappa shape index (κ2) is 5.25. The highest BCUT2D eigenvalue weighted by molar-refractivity contribution is 7.90.